The molecule has 3 atom stereocenters. The summed E-state index contributed by atoms with van der Waals surface area (Å²) in [7, 11) is 0. The van der Waals surface area contributed by atoms with Crippen LogP contribution in [0.5, 0.6) is 0 Å². The third-order valence-corrected chi connectivity index (χ3v) is 7.08. The molecule has 3 unspecified atom stereocenters. The molecular weight excluding hydrogens is 440 g/mol. The molecule has 2 aromatic rings. The van der Waals surface area contributed by atoms with Crippen LogP contribution in [-0.2, 0) is 19.2 Å². The molecule has 3 amide bonds. The second-order valence-corrected chi connectivity index (χ2v) is 9.50. The van der Waals surface area contributed by atoms with E-state index in [1.54, 1.807) is 42.5 Å². The second kappa shape index (κ2) is 9.62. The first kappa shape index (κ1) is 22.8. The van der Waals surface area contributed by atoms with Crippen molar-refractivity contribution in [2.24, 2.45) is 11.8 Å². The number of amides is 3. The fourth-order valence-electron chi connectivity index (χ4n) is 4.05. The first-order valence-corrected chi connectivity index (χ1v) is 11.6. The summed E-state index contributed by atoms with van der Waals surface area (Å²) in [4.78, 5) is 51.4. The first-order valence-electron chi connectivity index (χ1n) is 10.7. The summed E-state index contributed by atoms with van der Waals surface area (Å²) in [6.45, 7) is 1.94. The standard InChI is InChI=1S/C25H24N2O5S/c1-15-6-10-17(11-7-15)27-22(28)14-21(24(27)30)33-18-12-8-16(9-13-18)26-23(29)19-4-2-3-5-20(19)25(31)32/h2-3,6-13,19-21H,4-5,14H2,1H3,(H,26,29)(H,31,32). The molecule has 8 heteroatoms. The lowest BCUT2D eigenvalue weighted by atomic mass is 9.82. The van der Waals surface area contributed by atoms with Crippen LogP contribution in [0.2, 0.25) is 0 Å². The minimum absolute atomic E-state index is 0.127. The van der Waals surface area contributed by atoms with Gasteiger partial charge in [0.25, 0.3) is 0 Å². The van der Waals surface area contributed by atoms with Gasteiger partial charge in [-0.25, -0.2) is 4.90 Å². The lowest BCUT2D eigenvalue weighted by molar-refractivity contribution is -0.146. The van der Waals surface area contributed by atoms with Gasteiger partial charge in [-0.1, -0.05) is 29.8 Å². The first-order chi connectivity index (χ1) is 15.8. The van der Waals surface area contributed by atoms with Crippen LogP contribution in [0.1, 0.15) is 24.8 Å². The van der Waals surface area contributed by atoms with Gasteiger partial charge in [-0.2, -0.15) is 0 Å². The average Bonchev–Trinajstić information content (AvgIpc) is 3.08. The number of aliphatic carboxylic acids is 1. The Morgan fingerprint density at radius 3 is 2.24 bits per heavy atom. The Hall–Kier alpha value is -3.39. The van der Waals surface area contributed by atoms with Crippen LogP contribution in [-0.4, -0.2) is 34.0 Å². The molecular formula is C25H24N2O5S. The van der Waals surface area contributed by atoms with Crippen molar-refractivity contribution in [3.8, 4) is 0 Å². The third-order valence-electron chi connectivity index (χ3n) is 5.88. The highest BCUT2D eigenvalue weighted by Crippen LogP contribution is 2.35. The summed E-state index contributed by atoms with van der Waals surface area (Å²) in [6, 6.07) is 14.3. The summed E-state index contributed by atoms with van der Waals surface area (Å²) < 4.78 is 0. The lowest BCUT2D eigenvalue weighted by Gasteiger charge is -2.24. The predicted molar refractivity (Wildman–Crippen MR) is 126 cm³/mol. The van der Waals surface area contributed by atoms with E-state index < -0.39 is 23.1 Å². The SMILES string of the molecule is Cc1ccc(N2C(=O)CC(Sc3ccc(NC(=O)C4CC=CCC4C(=O)O)cc3)C2=O)cc1. The van der Waals surface area contributed by atoms with Gasteiger partial charge in [0.05, 0.1) is 22.8 Å². The van der Waals surface area contributed by atoms with Crippen molar-refractivity contribution in [1.29, 1.82) is 0 Å². The summed E-state index contributed by atoms with van der Waals surface area (Å²) in [6.07, 6.45) is 4.50. The quantitative estimate of drug-likeness (QED) is 0.494. The van der Waals surface area contributed by atoms with E-state index in [4.69, 9.17) is 0 Å². The fraction of sp³-hybridized carbons (Fsp3) is 0.280. The second-order valence-electron chi connectivity index (χ2n) is 8.22. The molecule has 0 spiro atoms. The van der Waals surface area contributed by atoms with Gasteiger partial charge >= 0.3 is 5.97 Å². The van der Waals surface area contributed by atoms with Crippen molar-refractivity contribution in [3.05, 3.63) is 66.2 Å². The van der Waals surface area contributed by atoms with Crippen molar-refractivity contribution < 1.29 is 24.3 Å². The summed E-state index contributed by atoms with van der Waals surface area (Å²) in [5.41, 5.74) is 2.18. The summed E-state index contributed by atoms with van der Waals surface area (Å²) in [5, 5.41) is 11.6. The molecule has 0 saturated carbocycles. The number of hydrogen-bond acceptors (Lipinski definition) is 5. The lowest BCUT2D eigenvalue weighted by Crippen LogP contribution is -2.34. The monoisotopic (exact) mass is 464 g/mol. The van der Waals surface area contributed by atoms with Crippen LogP contribution in [0.3, 0.4) is 0 Å². The highest BCUT2D eigenvalue weighted by atomic mass is 32.2. The van der Waals surface area contributed by atoms with E-state index in [-0.39, 0.29) is 24.1 Å². The Bertz CT molecular complexity index is 1110. The molecule has 170 valence electrons. The Kier molecular flexibility index (Phi) is 6.65. The molecule has 1 saturated heterocycles. The molecule has 2 aliphatic rings. The minimum atomic E-state index is -0.971. The summed E-state index contributed by atoms with van der Waals surface area (Å²) in [5.74, 6) is -3.10. The topological polar surface area (TPSA) is 104 Å². The van der Waals surface area contributed by atoms with Crippen LogP contribution < -0.4 is 10.2 Å². The van der Waals surface area contributed by atoms with Gasteiger partial charge in [0.1, 0.15) is 0 Å². The molecule has 33 heavy (non-hydrogen) atoms. The van der Waals surface area contributed by atoms with E-state index in [0.717, 1.165) is 10.5 Å². The highest BCUT2D eigenvalue weighted by molar-refractivity contribution is 8.00. The van der Waals surface area contributed by atoms with E-state index in [2.05, 4.69) is 5.32 Å². The number of allylic oxidation sites excluding steroid dienone is 2. The maximum atomic E-state index is 12.9. The molecule has 2 aromatic carbocycles. The van der Waals surface area contributed by atoms with E-state index in [1.807, 2.05) is 25.1 Å². The Balaban J connectivity index is 1.39. The molecule has 1 aliphatic heterocycles. The van der Waals surface area contributed by atoms with Crippen molar-refractivity contribution in [2.75, 3.05) is 10.2 Å². The van der Waals surface area contributed by atoms with Crippen molar-refractivity contribution >= 4 is 46.8 Å². The number of anilines is 2. The van der Waals surface area contributed by atoms with Gasteiger partial charge in [-0.3, -0.25) is 19.2 Å². The number of carboxylic acid groups (broad SMARTS) is 1. The summed E-state index contributed by atoms with van der Waals surface area (Å²) >= 11 is 1.31. The van der Waals surface area contributed by atoms with Crippen LogP contribution in [0, 0.1) is 18.8 Å². The number of carboxylic acids is 1. The number of thioether (sulfide) groups is 1. The van der Waals surface area contributed by atoms with Gasteiger partial charge in [0.15, 0.2) is 0 Å². The van der Waals surface area contributed by atoms with E-state index >= 15 is 0 Å². The molecule has 1 fully saturated rings. The number of imide groups is 1. The predicted octanol–water partition coefficient (Wildman–Crippen LogP) is 4.02. The molecule has 1 aliphatic carbocycles. The highest BCUT2D eigenvalue weighted by Gasteiger charge is 2.40. The van der Waals surface area contributed by atoms with Crippen LogP contribution in [0.4, 0.5) is 11.4 Å². The number of rotatable bonds is 6. The van der Waals surface area contributed by atoms with Crippen molar-refractivity contribution in [2.45, 2.75) is 36.3 Å². The molecule has 1 heterocycles. The number of carbonyl (C=O) groups excluding carboxylic acids is 3. The number of nitrogens with zero attached hydrogens (tertiary/aromatic N) is 1. The minimum Gasteiger partial charge on any atom is -0.481 e. The van der Waals surface area contributed by atoms with E-state index in [1.165, 1.54) is 16.7 Å². The normalized spacial score (nSPS) is 22.5. The molecule has 4 rings (SSSR count). The van der Waals surface area contributed by atoms with Crippen molar-refractivity contribution in [3.63, 3.8) is 0 Å². The molecule has 0 radical (unpaired) electrons. The molecule has 0 aromatic heterocycles. The van der Waals surface area contributed by atoms with E-state index in [9.17, 15) is 24.3 Å². The van der Waals surface area contributed by atoms with Gasteiger partial charge in [0.2, 0.25) is 17.7 Å². The van der Waals surface area contributed by atoms with Crippen LogP contribution >= 0.6 is 11.8 Å². The maximum Gasteiger partial charge on any atom is 0.307 e. The number of carbonyl (C=O) groups is 4. The molecule has 0 bridgehead atoms. The maximum absolute atomic E-state index is 12.9. The van der Waals surface area contributed by atoms with Crippen molar-refractivity contribution in [1.82, 2.24) is 0 Å². The molecule has 7 nitrogen and oxygen atoms in total. The van der Waals surface area contributed by atoms with Gasteiger partial charge in [-0.05, 0) is 56.2 Å². The zero-order valence-electron chi connectivity index (χ0n) is 18.1. The van der Waals surface area contributed by atoms with Gasteiger partial charge in [0, 0.05) is 17.0 Å². The van der Waals surface area contributed by atoms with Crippen LogP contribution in [0.15, 0.2) is 65.6 Å². The largest absolute Gasteiger partial charge is 0.481 e. The smallest absolute Gasteiger partial charge is 0.307 e. The Labute approximate surface area is 195 Å². The number of aryl methyl sites for hydroxylation is 1. The van der Waals surface area contributed by atoms with Gasteiger partial charge < -0.3 is 10.4 Å². The Morgan fingerprint density at radius 1 is 0.970 bits per heavy atom. The number of benzene rings is 2. The Morgan fingerprint density at radius 2 is 1.61 bits per heavy atom. The molecule has 2 N–H and O–H groups in total. The zero-order chi connectivity index (χ0) is 23.5. The van der Waals surface area contributed by atoms with Crippen LogP contribution in [0.25, 0.3) is 0 Å². The zero-order valence-corrected chi connectivity index (χ0v) is 18.9. The fourth-order valence-corrected chi connectivity index (χ4v) is 5.11. The number of nitrogens with one attached hydrogen (secondary N) is 1. The number of hydrogen-bond donors (Lipinski definition) is 2. The third kappa shape index (κ3) is 5.01. The van der Waals surface area contributed by atoms with Gasteiger partial charge in [-0.15, -0.1) is 11.8 Å². The van der Waals surface area contributed by atoms with E-state index in [0.29, 0.717) is 24.2 Å². The average molecular weight is 465 g/mol.